The number of rotatable bonds is 5. The maximum Gasteiger partial charge on any atom is 0.326 e. The van der Waals surface area contributed by atoms with Gasteiger partial charge in [-0.3, -0.25) is 19.3 Å². The van der Waals surface area contributed by atoms with Gasteiger partial charge in [0.1, 0.15) is 13.2 Å². The number of amides is 2. The van der Waals surface area contributed by atoms with Crippen molar-refractivity contribution in [1.29, 1.82) is 0 Å². The van der Waals surface area contributed by atoms with E-state index in [2.05, 4.69) is 0 Å². The predicted octanol–water partition coefficient (Wildman–Crippen LogP) is 2.63. The molecule has 128 valence electrons. The van der Waals surface area contributed by atoms with Gasteiger partial charge in [-0.25, -0.2) is 0 Å². The molecule has 1 saturated carbocycles. The lowest BCUT2D eigenvalue weighted by atomic mass is 9.81. The second kappa shape index (κ2) is 7.38. The molecule has 24 heavy (non-hydrogen) atoms. The molecule has 1 heterocycles. The number of ether oxygens (including phenoxy) is 1. The van der Waals surface area contributed by atoms with E-state index in [0.29, 0.717) is 0 Å². The van der Waals surface area contributed by atoms with Gasteiger partial charge in [0.25, 0.3) is 0 Å². The second-order valence-electron chi connectivity index (χ2n) is 6.27. The number of fused-ring (bicyclic) bond motifs is 1. The summed E-state index contributed by atoms with van der Waals surface area (Å²) in [5.41, 5.74) is 0.883. The summed E-state index contributed by atoms with van der Waals surface area (Å²) in [5, 5.41) is 0. The Morgan fingerprint density at radius 1 is 1.12 bits per heavy atom. The van der Waals surface area contributed by atoms with E-state index in [9.17, 15) is 14.4 Å². The van der Waals surface area contributed by atoms with Gasteiger partial charge < -0.3 is 4.74 Å². The van der Waals surface area contributed by atoms with Crippen molar-refractivity contribution < 1.29 is 19.1 Å². The molecule has 2 fully saturated rings. The third kappa shape index (κ3) is 3.48. The smallest absolute Gasteiger partial charge is 0.326 e. The quantitative estimate of drug-likeness (QED) is 0.465. The number of thioether (sulfide) groups is 1. The molecule has 2 aliphatic rings. The lowest BCUT2D eigenvalue weighted by Crippen LogP contribution is -2.36. The molecular weight excluding hydrogens is 326 g/mol. The maximum absolute atomic E-state index is 12.3. The highest BCUT2D eigenvalue weighted by atomic mass is 32.2. The van der Waals surface area contributed by atoms with Crippen molar-refractivity contribution in [2.75, 3.05) is 12.8 Å². The predicted molar refractivity (Wildman–Crippen MR) is 90.2 cm³/mol. The zero-order chi connectivity index (χ0) is 17.1. The van der Waals surface area contributed by atoms with Gasteiger partial charge >= 0.3 is 5.97 Å². The Morgan fingerprint density at radius 3 is 2.25 bits per heavy atom. The molecule has 2 atom stereocenters. The van der Waals surface area contributed by atoms with Gasteiger partial charge in [0.15, 0.2) is 0 Å². The molecule has 2 amide bonds. The van der Waals surface area contributed by atoms with Crippen LogP contribution in [0.15, 0.2) is 29.2 Å². The summed E-state index contributed by atoms with van der Waals surface area (Å²) in [5.74, 6) is -1.39. The van der Waals surface area contributed by atoms with Crippen LogP contribution < -0.4 is 0 Å². The average Bonchev–Trinajstić information content (AvgIpc) is 2.86. The van der Waals surface area contributed by atoms with Gasteiger partial charge in [-0.2, -0.15) is 0 Å². The molecule has 6 heteroatoms. The summed E-state index contributed by atoms with van der Waals surface area (Å²) >= 11 is 1.64. The average molecular weight is 347 g/mol. The van der Waals surface area contributed by atoms with Crippen LogP contribution in [-0.2, 0) is 25.7 Å². The molecule has 3 rings (SSSR count). The molecule has 1 aliphatic carbocycles. The Morgan fingerprint density at radius 2 is 1.71 bits per heavy atom. The van der Waals surface area contributed by atoms with Crippen LogP contribution in [0.4, 0.5) is 0 Å². The van der Waals surface area contributed by atoms with E-state index >= 15 is 0 Å². The summed E-state index contributed by atoms with van der Waals surface area (Å²) in [6, 6.07) is 7.73. The largest absolute Gasteiger partial charge is 0.459 e. The number of esters is 1. The standard InChI is InChI=1S/C18H21NO4S/c1-24-13-8-6-12(7-9-13)11-23-16(20)10-19-17(21)14-4-2-3-5-15(14)18(19)22/h6-9,14-15H,2-5,10-11H2,1H3/t14-,15-/m0/s1. The van der Waals surface area contributed by atoms with E-state index in [4.69, 9.17) is 4.74 Å². The van der Waals surface area contributed by atoms with Gasteiger partial charge in [-0.05, 0) is 36.8 Å². The van der Waals surface area contributed by atoms with E-state index in [1.54, 1.807) is 11.8 Å². The Hall–Kier alpha value is -1.82. The van der Waals surface area contributed by atoms with E-state index < -0.39 is 5.97 Å². The molecule has 0 N–H and O–H groups in total. The number of hydrogen-bond acceptors (Lipinski definition) is 5. The minimum absolute atomic E-state index is 0.149. The molecule has 0 unspecified atom stereocenters. The maximum atomic E-state index is 12.3. The zero-order valence-electron chi connectivity index (χ0n) is 13.7. The zero-order valence-corrected chi connectivity index (χ0v) is 14.5. The van der Waals surface area contributed by atoms with Crippen LogP contribution in [0.5, 0.6) is 0 Å². The number of carbonyl (C=O) groups is 3. The van der Waals surface area contributed by atoms with Crippen LogP contribution in [0.25, 0.3) is 0 Å². The van der Waals surface area contributed by atoms with E-state index in [0.717, 1.165) is 41.0 Å². The molecule has 0 radical (unpaired) electrons. The van der Waals surface area contributed by atoms with E-state index in [1.165, 1.54) is 0 Å². The molecule has 5 nitrogen and oxygen atoms in total. The molecule has 0 bridgehead atoms. The SMILES string of the molecule is CSc1ccc(COC(=O)CN2C(=O)[C@H]3CCCC[C@@H]3C2=O)cc1. The summed E-state index contributed by atoms with van der Waals surface area (Å²) in [6.45, 7) is -0.121. The minimum Gasteiger partial charge on any atom is -0.459 e. The van der Waals surface area contributed by atoms with Crippen molar-refractivity contribution in [2.24, 2.45) is 11.8 Å². The van der Waals surface area contributed by atoms with Gasteiger partial charge in [0.05, 0.1) is 11.8 Å². The van der Waals surface area contributed by atoms with Crippen molar-refractivity contribution in [1.82, 2.24) is 4.90 Å². The van der Waals surface area contributed by atoms with E-state index in [1.807, 2.05) is 30.5 Å². The molecule has 0 aromatic heterocycles. The molecule has 0 spiro atoms. The number of benzene rings is 1. The first-order valence-corrected chi connectivity index (χ1v) is 9.46. The number of carbonyl (C=O) groups excluding carboxylic acids is 3. The number of hydrogen-bond donors (Lipinski definition) is 0. The van der Waals surface area contributed by atoms with Crippen molar-refractivity contribution in [3.05, 3.63) is 29.8 Å². The lowest BCUT2D eigenvalue weighted by Gasteiger charge is -2.19. The van der Waals surface area contributed by atoms with Crippen molar-refractivity contribution in [3.8, 4) is 0 Å². The first-order valence-electron chi connectivity index (χ1n) is 8.24. The first kappa shape index (κ1) is 17.0. The monoisotopic (exact) mass is 347 g/mol. The lowest BCUT2D eigenvalue weighted by molar-refractivity contribution is -0.153. The molecule has 1 aliphatic heterocycles. The van der Waals surface area contributed by atoms with Gasteiger partial charge in [0.2, 0.25) is 11.8 Å². The van der Waals surface area contributed by atoms with Gasteiger partial charge in [-0.15, -0.1) is 11.8 Å². The Labute approximate surface area is 145 Å². The third-order valence-electron chi connectivity index (χ3n) is 4.78. The van der Waals surface area contributed by atoms with Gasteiger partial charge in [0, 0.05) is 4.90 Å². The fourth-order valence-corrected chi connectivity index (χ4v) is 3.86. The van der Waals surface area contributed by atoms with Crippen LogP contribution in [0.2, 0.25) is 0 Å². The normalized spacial score (nSPS) is 23.3. The number of nitrogens with zero attached hydrogens (tertiary/aromatic N) is 1. The highest BCUT2D eigenvalue weighted by Crippen LogP contribution is 2.37. The summed E-state index contributed by atoms with van der Waals surface area (Å²) in [4.78, 5) is 38.9. The fourth-order valence-electron chi connectivity index (χ4n) is 3.45. The number of imide groups is 1. The van der Waals surface area contributed by atoms with Crippen LogP contribution in [0.3, 0.4) is 0 Å². The topological polar surface area (TPSA) is 63.7 Å². The molecule has 1 aromatic carbocycles. The van der Waals surface area contributed by atoms with Crippen LogP contribution in [-0.4, -0.2) is 35.5 Å². The highest BCUT2D eigenvalue weighted by molar-refractivity contribution is 7.98. The Bertz CT molecular complexity index is 619. The van der Waals surface area contributed by atoms with Crippen LogP contribution >= 0.6 is 11.8 Å². The van der Waals surface area contributed by atoms with E-state index in [-0.39, 0.29) is 36.8 Å². The second-order valence-corrected chi connectivity index (χ2v) is 7.15. The van der Waals surface area contributed by atoms with Crippen molar-refractivity contribution >= 4 is 29.5 Å². The third-order valence-corrected chi connectivity index (χ3v) is 5.52. The minimum atomic E-state index is -0.538. The molecule has 1 aromatic rings. The van der Waals surface area contributed by atoms with Crippen molar-refractivity contribution in [3.63, 3.8) is 0 Å². The van der Waals surface area contributed by atoms with Gasteiger partial charge in [-0.1, -0.05) is 25.0 Å². The first-order chi connectivity index (χ1) is 11.6. The number of likely N-dealkylation sites (tertiary alicyclic amines) is 1. The molecule has 1 saturated heterocycles. The summed E-state index contributed by atoms with van der Waals surface area (Å²) in [7, 11) is 0. The highest BCUT2D eigenvalue weighted by Gasteiger charge is 2.48. The van der Waals surface area contributed by atoms with Crippen LogP contribution in [0.1, 0.15) is 31.2 Å². The summed E-state index contributed by atoms with van der Waals surface area (Å²) in [6.07, 6.45) is 5.46. The van der Waals surface area contributed by atoms with Crippen LogP contribution in [0, 0.1) is 11.8 Å². The Balaban J connectivity index is 1.54. The summed E-state index contributed by atoms with van der Waals surface area (Å²) < 4.78 is 5.22. The Kier molecular flexibility index (Phi) is 5.23. The molecular formula is C18H21NO4S. The van der Waals surface area contributed by atoms with Crippen molar-refractivity contribution in [2.45, 2.75) is 37.2 Å². The fraction of sp³-hybridized carbons (Fsp3) is 0.500.